The van der Waals surface area contributed by atoms with Crippen LogP contribution in [0.5, 0.6) is 0 Å². The summed E-state index contributed by atoms with van der Waals surface area (Å²) < 4.78 is 5.52. The van der Waals surface area contributed by atoms with E-state index in [9.17, 15) is 0 Å². The highest BCUT2D eigenvalue weighted by Gasteiger charge is 2.17. The molecule has 1 atom stereocenters. The monoisotopic (exact) mass is 220 g/mol. The molecule has 0 aliphatic carbocycles. The summed E-state index contributed by atoms with van der Waals surface area (Å²) in [6, 6.07) is 4.29. The SMILES string of the molecule is CC1CN(c2ccc(C(C)C)cn2)CCO1. The van der Waals surface area contributed by atoms with Crippen LogP contribution in [-0.4, -0.2) is 30.8 Å². The van der Waals surface area contributed by atoms with Gasteiger partial charge in [-0.15, -0.1) is 0 Å². The summed E-state index contributed by atoms with van der Waals surface area (Å²) in [7, 11) is 0. The van der Waals surface area contributed by atoms with Crippen molar-refractivity contribution >= 4 is 5.82 Å². The first-order valence-corrected chi connectivity index (χ1v) is 5.99. The van der Waals surface area contributed by atoms with Gasteiger partial charge in [-0.1, -0.05) is 19.9 Å². The Morgan fingerprint density at radius 2 is 2.25 bits per heavy atom. The molecule has 1 aromatic heterocycles. The number of anilines is 1. The van der Waals surface area contributed by atoms with Gasteiger partial charge in [0.15, 0.2) is 0 Å². The van der Waals surface area contributed by atoms with Crippen LogP contribution in [0.3, 0.4) is 0 Å². The molecule has 1 aliphatic heterocycles. The van der Waals surface area contributed by atoms with Gasteiger partial charge in [0.1, 0.15) is 5.82 Å². The van der Waals surface area contributed by atoms with Gasteiger partial charge in [-0.2, -0.15) is 0 Å². The number of nitrogens with zero attached hydrogens (tertiary/aromatic N) is 2. The first-order valence-electron chi connectivity index (χ1n) is 5.99. The van der Waals surface area contributed by atoms with Crippen molar-refractivity contribution in [3.05, 3.63) is 23.9 Å². The number of pyridine rings is 1. The highest BCUT2D eigenvalue weighted by molar-refractivity contribution is 5.40. The third-order valence-corrected chi connectivity index (χ3v) is 3.00. The molecule has 3 heteroatoms. The van der Waals surface area contributed by atoms with Crippen LogP contribution < -0.4 is 4.90 Å². The Kier molecular flexibility index (Phi) is 3.44. The number of hydrogen-bond acceptors (Lipinski definition) is 3. The van der Waals surface area contributed by atoms with E-state index < -0.39 is 0 Å². The highest BCUT2D eigenvalue weighted by Crippen LogP contribution is 2.18. The van der Waals surface area contributed by atoms with E-state index in [1.54, 1.807) is 0 Å². The topological polar surface area (TPSA) is 25.4 Å². The van der Waals surface area contributed by atoms with E-state index in [1.165, 1.54) is 5.56 Å². The van der Waals surface area contributed by atoms with E-state index in [0.29, 0.717) is 12.0 Å². The first-order chi connectivity index (χ1) is 7.66. The summed E-state index contributed by atoms with van der Waals surface area (Å²) in [5.41, 5.74) is 1.30. The third kappa shape index (κ3) is 2.53. The van der Waals surface area contributed by atoms with Crippen molar-refractivity contribution in [2.45, 2.75) is 32.8 Å². The van der Waals surface area contributed by atoms with Crippen LogP contribution >= 0.6 is 0 Å². The lowest BCUT2D eigenvalue weighted by Crippen LogP contribution is -2.41. The highest BCUT2D eigenvalue weighted by atomic mass is 16.5. The molecule has 1 aliphatic rings. The Bertz CT molecular complexity index is 334. The van der Waals surface area contributed by atoms with Crippen molar-refractivity contribution in [1.82, 2.24) is 4.98 Å². The lowest BCUT2D eigenvalue weighted by atomic mass is 10.1. The number of ether oxygens (including phenoxy) is 1. The zero-order valence-corrected chi connectivity index (χ0v) is 10.3. The van der Waals surface area contributed by atoms with Crippen molar-refractivity contribution in [2.24, 2.45) is 0 Å². The molecule has 2 heterocycles. The largest absolute Gasteiger partial charge is 0.375 e. The van der Waals surface area contributed by atoms with Crippen LogP contribution in [0.1, 0.15) is 32.3 Å². The van der Waals surface area contributed by atoms with Crippen molar-refractivity contribution in [3.63, 3.8) is 0 Å². The van der Waals surface area contributed by atoms with E-state index in [1.807, 2.05) is 6.20 Å². The zero-order valence-electron chi connectivity index (χ0n) is 10.3. The van der Waals surface area contributed by atoms with Crippen LogP contribution in [0.2, 0.25) is 0 Å². The van der Waals surface area contributed by atoms with E-state index in [2.05, 4.69) is 42.8 Å². The second-order valence-corrected chi connectivity index (χ2v) is 4.73. The maximum absolute atomic E-state index is 5.52. The standard InChI is InChI=1S/C13H20N2O/c1-10(2)12-4-5-13(14-8-12)15-6-7-16-11(3)9-15/h4-5,8,10-11H,6-7,9H2,1-3H3. The summed E-state index contributed by atoms with van der Waals surface area (Å²) in [5.74, 6) is 1.62. The molecule has 1 unspecified atom stereocenters. The smallest absolute Gasteiger partial charge is 0.128 e. The molecular formula is C13H20N2O. The Hall–Kier alpha value is -1.09. The lowest BCUT2D eigenvalue weighted by Gasteiger charge is -2.32. The van der Waals surface area contributed by atoms with E-state index in [-0.39, 0.29) is 0 Å². The maximum Gasteiger partial charge on any atom is 0.128 e. The number of hydrogen-bond donors (Lipinski definition) is 0. The molecule has 0 N–H and O–H groups in total. The van der Waals surface area contributed by atoms with Crippen LogP contribution in [0.4, 0.5) is 5.82 Å². The average Bonchev–Trinajstić information content (AvgIpc) is 2.29. The molecule has 16 heavy (non-hydrogen) atoms. The Balaban J connectivity index is 2.09. The molecule has 88 valence electrons. The molecule has 0 amide bonds. The predicted molar refractivity (Wildman–Crippen MR) is 66.0 cm³/mol. The van der Waals surface area contributed by atoms with Crippen LogP contribution in [-0.2, 0) is 4.74 Å². The van der Waals surface area contributed by atoms with Gasteiger partial charge in [0, 0.05) is 19.3 Å². The summed E-state index contributed by atoms with van der Waals surface area (Å²) in [6.45, 7) is 9.16. The van der Waals surface area contributed by atoms with Crippen LogP contribution in [0.25, 0.3) is 0 Å². The Morgan fingerprint density at radius 1 is 1.44 bits per heavy atom. The first kappa shape index (κ1) is 11.4. The summed E-state index contributed by atoms with van der Waals surface area (Å²) in [4.78, 5) is 6.82. The lowest BCUT2D eigenvalue weighted by molar-refractivity contribution is 0.0529. The van der Waals surface area contributed by atoms with Crippen molar-refractivity contribution < 1.29 is 4.74 Å². The molecule has 2 rings (SSSR count). The molecule has 0 bridgehead atoms. The summed E-state index contributed by atoms with van der Waals surface area (Å²) >= 11 is 0. The third-order valence-electron chi connectivity index (χ3n) is 3.00. The van der Waals surface area contributed by atoms with Crippen LogP contribution in [0.15, 0.2) is 18.3 Å². The zero-order chi connectivity index (χ0) is 11.5. The van der Waals surface area contributed by atoms with Crippen molar-refractivity contribution in [3.8, 4) is 0 Å². The molecule has 1 fully saturated rings. The van der Waals surface area contributed by atoms with Gasteiger partial charge >= 0.3 is 0 Å². The molecule has 1 saturated heterocycles. The Morgan fingerprint density at radius 3 is 2.81 bits per heavy atom. The van der Waals surface area contributed by atoms with Gasteiger partial charge in [0.25, 0.3) is 0 Å². The van der Waals surface area contributed by atoms with Gasteiger partial charge < -0.3 is 9.64 Å². The molecule has 0 radical (unpaired) electrons. The minimum Gasteiger partial charge on any atom is -0.375 e. The normalized spacial score (nSPS) is 21.5. The fourth-order valence-electron chi connectivity index (χ4n) is 1.95. The van der Waals surface area contributed by atoms with E-state index in [0.717, 1.165) is 25.5 Å². The molecule has 1 aromatic rings. The van der Waals surface area contributed by atoms with Crippen molar-refractivity contribution in [2.75, 3.05) is 24.6 Å². The molecule has 0 saturated carbocycles. The number of rotatable bonds is 2. The molecular weight excluding hydrogens is 200 g/mol. The maximum atomic E-state index is 5.52. The minimum atomic E-state index is 0.306. The Labute approximate surface area is 97.4 Å². The second-order valence-electron chi connectivity index (χ2n) is 4.73. The van der Waals surface area contributed by atoms with E-state index in [4.69, 9.17) is 4.74 Å². The van der Waals surface area contributed by atoms with Gasteiger partial charge in [-0.05, 0) is 24.5 Å². The number of morpholine rings is 1. The van der Waals surface area contributed by atoms with Gasteiger partial charge in [-0.3, -0.25) is 0 Å². The van der Waals surface area contributed by atoms with Crippen molar-refractivity contribution in [1.29, 1.82) is 0 Å². The fraction of sp³-hybridized carbons (Fsp3) is 0.615. The second kappa shape index (κ2) is 4.83. The summed E-state index contributed by atoms with van der Waals surface area (Å²) in [6.07, 6.45) is 2.29. The predicted octanol–water partition coefficient (Wildman–Crippen LogP) is 2.43. The molecule has 0 aromatic carbocycles. The van der Waals surface area contributed by atoms with Crippen LogP contribution in [0, 0.1) is 0 Å². The van der Waals surface area contributed by atoms with Gasteiger partial charge in [0.05, 0.1) is 12.7 Å². The molecule has 0 spiro atoms. The summed E-state index contributed by atoms with van der Waals surface area (Å²) in [5, 5.41) is 0. The quantitative estimate of drug-likeness (QED) is 0.765. The number of aromatic nitrogens is 1. The minimum absolute atomic E-state index is 0.306. The van der Waals surface area contributed by atoms with E-state index >= 15 is 0 Å². The van der Waals surface area contributed by atoms with Gasteiger partial charge in [-0.25, -0.2) is 4.98 Å². The average molecular weight is 220 g/mol. The van der Waals surface area contributed by atoms with Gasteiger partial charge in [0.2, 0.25) is 0 Å². The fourth-order valence-corrected chi connectivity index (χ4v) is 1.95. The molecule has 3 nitrogen and oxygen atoms in total.